The third kappa shape index (κ3) is 3.72. The van der Waals surface area contributed by atoms with Crippen molar-refractivity contribution in [3.63, 3.8) is 0 Å². The molecule has 1 saturated heterocycles. The molecule has 1 fully saturated rings. The number of aromatic nitrogens is 2. The molecule has 0 aliphatic carbocycles. The highest BCUT2D eigenvalue weighted by Crippen LogP contribution is 2.33. The van der Waals surface area contributed by atoms with Crippen LogP contribution in [-0.4, -0.2) is 35.6 Å². The van der Waals surface area contributed by atoms with E-state index in [9.17, 15) is 21.6 Å². The van der Waals surface area contributed by atoms with Crippen LogP contribution in [-0.2, 0) is 23.2 Å². The summed E-state index contributed by atoms with van der Waals surface area (Å²) in [6.45, 7) is 0.511. The molecule has 0 saturated carbocycles. The van der Waals surface area contributed by atoms with Crippen molar-refractivity contribution in [1.29, 1.82) is 0 Å². The molecule has 0 amide bonds. The first-order valence-corrected chi connectivity index (χ1v) is 9.29. The summed E-state index contributed by atoms with van der Waals surface area (Å²) in [4.78, 5) is -0.330. The van der Waals surface area contributed by atoms with Crippen molar-refractivity contribution in [3.05, 3.63) is 47.8 Å². The van der Waals surface area contributed by atoms with Crippen molar-refractivity contribution in [3.8, 4) is 0 Å². The van der Waals surface area contributed by atoms with Gasteiger partial charge < -0.3 is 0 Å². The Kier molecular flexibility index (Phi) is 4.63. The average Bonchev–Trinajstić information content (AvgIpc) is 3.01. The van der Waals surface area contributed by atoms with Crippen molar-refractivity contribution >= 4 is 10.0 Å². The SMILES string of the molecule is Cn1ccc([C@H]2CCCN(S(=O)(=O)c3cccc(C(F)(F)F)c3)C2)n1. The van der Waals surface area contributed by atoms with Crippen LogP contribution in [0.2, 0.25) is 0 Å². The minimum absolute atomic E-state index is 0.0597. The van der Waals surface area contributed by atoms with Crippen LogP contribution in [0.4, 0.5) is 13.2 Å². The molecule has 0 radical (unpaired) electrons. The summed E-state index contributed by atoms with van der Waals surface area (Å²) in [6, 6.07) is 5.72. The third-order valence-corrected chi connectivity index (χ3v) is 6.20. The molecule has 0 bridgehead atoms. The number of nitrogens with zero attached hydrogens (tertiary/aromatic N) is 3. The standard InChI is InChI=1S/C16H18F3N3O2S/c1-21-9-7-15(20-21)12-4-3-8-22(11-12)25(23,24)14-6-2-5-13(10-14)16(17,18)19/h2,5-7,9-10,12H,3-4,8,11H2,1H3/t12-/m0/s1. The minimum atomic E-state index is -4.58. The van der Waals surface area contributed by atoms with Crippen LogP contribution in [0.5, 0.6) is 0 Å². The Morgan fingerprint density at radius 1 is 1.24 bits per heavy atom. The molecule has 0 unspecified atom stereocenters. The van der Waals surface area contributed by atoms with E-state index in [0.717, 1.165) is 24.2 Å². The molecule has 2 aromatic rings. The number of hydrogen-bond acceptors (Lipinski definition) is 3. The maximum atomic E-state index is 12.9. The Morgan fingerprint density at radius 3 is 2.64 bits per heavy atom. The van der Waals surface area contributed by atoms with Crippen molar-refractivity contribution in [1.82, 2.24) is 14.1 Å². The average molecular weight is 373 g/mol. The maximum Gasteiger partial charge on any atom is 0.416 e. The van der Waals surface area contributed by atoms with Gasteiger partial charge in [-0.15, -0.1) is 0 Å². The molecule has 1 aliphatic rings. The smallest absolute Gasteiger partial charge is 0.276 e. The third-order valence-electron chi connectivity index (χ3n) is 4.34. The number of piperidine rings is 1. The largest absolute Gasteiger partial charge is 0.416 e. The van der Waals surface area contributed by atoms with E-state index < -0.39 is 21.8 Å². The van der Waals surface area contributed by atoms with Crippen LogP contribution in [0.25, 0.3) is 0 Å². The second kappa shape index (κ2) is 6.45. The summed E-state index contributed by atoms with van der Waals surface area (Å²) >= 11 is 0. The predicted molar refractivity (Wildman–Crippen MR) is 85.4 cm³/mol. The summed E-state index contributed by atoms with van der Waals surface area (Å²) in [7, 11) is -2.20. The molecule has 3 rings (SSSR count). The first kappa shape index (κ1) is 17.9. The molecule has 25 heavy (non-hydrogen) atoms. The van der Waals surface area contributed by atoms with Crippen LogP contribution in [0.3, 0.4) is 0 Å². The molecule has 9 heteroatoms. The number of halogens is 3. The molecule has 2 heterocycles. The molecule has 1 aliphatic heterocycles. The van der Waals surface area contributed by atoms with Gasteiger partial charge in [0.1, 0.15) is 0 Å². The van der Waals surface area contributed by atoms with Gasteiger partial charge in [0.25, 0.3) is 0 Å². The molecule has 136 valence electrons. The lowest BCUT2D eigenvalue weighted by atomic mass is 9.96. The van der Waals surface area contributed by atoms with Crippen LogP contribution in [0.1, 0.15) is 30.0 Å². The topological polar surface area (TPSA) is 55.2 Å². The van der Waals surface area contributed by atoms with Gasteiger partial charge in [0.15, 0.2) is 0 Å². The Bertz CT molecular complexity index is 862. The minimum Gasteiger partial charge on any atom is -0.276 e. The van der Waals surface area contributed by atoms with E-state index in [-0.39, 0.29) is 17.4 Å². The van der Waals surface area contributed by atoms with Crippen molar-refractivity contribution in [2.45, 2.75) is 29.8 Å². The van der Waals surface area contributed by atoms with E-state index in [0.29, 0.717) is 19.0 Å². The zero-order chi connectivity index (χ0) is 18.2. The fourth-order valence-electron chi connectivity index (χ4n) is 3.03. The summed E-state index contributed by atoms with van der Waals surface area (Å²) in [5.41, 5.74) is -0.168. The van der Waals surface area contributed by atoms with Gasteiger partial charge >= 0.3 is 6.18 Å². The summed E-state index contributed by atoms with van der Waals surface area (Å²) in [6.07, 6.45) is -1.36. The first-order valence-electron chi connectivity index (χ1n) is 7.85. The van der Waals surface area contributed by atoms with Crippen LogP contribution < -0.4 is 0 Å². The molecular formula is C16H18F3N3O2S. The number of aryl methyl sites for hydroxylation is 1. The first-order chi connectivity index (χ1) is 11.7. The van der Waals surface area contributed by atoms with Gasteiger partial charge in [0, 0.05) is 32.3 Å². The van der Waals surface area contributed by atoms with Crippen LogP contribution in [0, 0.1) is 0 Å². The Labute approximate surface area is 144 Å². The summed E-state index contributed by atoms with van der Waals surface area (Å²) in [5, 5.41) is 4.32. The Morgan fingerprint density at radius 2 is 2.00 bits per heavy atom. The maximum absolute atomic E-state index is 12.9. The van der Waals surface area contributed by atoms with E-state index in [1.54, 1.807) is 17.9 Å². The van der Waals surface area contributed by atoms with Crippen LogP contribution >= 0.6 is 0 Å². The molecule has 0 N–H and O–H groups in total. The van der Waals surface area contributed by atoms with Gasteiger partial charge in [-0.2, -0.15) is 22.6 Å². The van der Waals surface area contributed by atoms with Gasteiger partial charge in [-0.05, 0) is 37.1 Å². The molecule has 1 aromatic heterocycles. The van der Waals surface area contributed by atoms with Gasteiger partial charge in [0.2, 0.25) is 10.0 Å². The van der Waals surface area contributed by atoms with E-state index in [2.05, 4.69) is 5.10 Å². The van der Waals surface area contributed by atoms with Gasteiger partial charge in [-0.25, -0.2) is 8.42 Å². The molecule has 5 nitrogen and oxygen atoms in total. The zero-order valence-electron chi connectivity index (χ0n) is 13.6. The highest BCUT2D eigenvalue weighted by atomic mass is 32.2. The lowest BCUT2D eigenvalue weighted by molar-refractivity contribution is -0.137. The quantitative estimate of drug-likeness (QED) is 0.831. The zero-order valence-corrected chi connectivity index (χ0v) is 14.4. The monoisotopic (exact) mass is 373 g/mol. The van der Waals surface area contributed by atoms with Crippen molar-refractivity contribution in [2.75, 3.05) is 13.1 Å². The van der Waals surface area contributed by atoms with E-state index >= 15 is 0 Å². The molecule has 1 atom stereocenters. The number of sulfonamides is 1. The van der Waals surface area contributed by atoms with Gasteiger partial charge in [-0.1, -0.05) is 6.07 Å². The van der Waals surface area contributed by atoms with Gasteiger partial charge in [0.05, 0.1) is 16.2 Å². The van der Waals surface area contributed by atoms with Crippen LogP contribution in [0.15, 0.2) is 41.4 Å². The Balaban J connectivity index is 1.87. The number of rotatable bonds is 3. The Hall–Kier alpha value is -1.87. The lowest BCUT2D eigenvalue weighted by Gasteiger charge is -2.31. The summed E-state index contributed by atoms with van der Waals surface area (Å²) < 4.78 is 67.1. The summed E-state index contributed by atoms with van der Waals surface area (Å²) in [5.74, 6) is -0.0597. The molecule has 1 aromatic carbocycles. The van der Waals surface area contributed by atoms with Crippen molar-refractivity contribution in [2.24, 2.45) is 7.05 Å². The number of alkyl halides is 3. The predicted octanol–water partition coefficient (Wildman–Crippen LogP) is 3.01. The highest BCUT2D eigenvalue weighted by molar-refractivity contribution is 7.89. The molecular weight excluding hydrogens is 355 g/mol. The number of benzene rings is 1. The fraction of sp³-hybridized carbons (Fsp3) is 0.438. The van der Waals surface area contributed by atoms with Crippen molar-refractivity contribution < 1.29 is 21.6 Å². The highest BCUT2D eigenvalue weighted by Gasteiger charge is 2.35. The van der Waals surface area contributed by atoms with E-state index in [1.807, 2.05) is 6.07 Å². The van der Waals surface area contributed by atoms with E-state index in [4.69, 9.17) is 0 Å². The normalized spacial score (nSPS) is 19.9. The fourth-order valence-corrected chi connectivity index (χ4v) is 4.61. The van der Waals surface area contributed by atoms with E-state index in [1.165, 1.54) is 10.4 Å². The lowest BCUT2D eigenvalue weighted by Crippen LogP contribution is -2.39. The van der Waals surface area contributed by atoms with Gasteiger partial charge in [-0.3, -0.25) is 4.68 Å². The molecule has 0 spiro atoms. The second-order valence-electron chi connectivity index (χ2n) is 6.14. The number of hydrogen-bond donors (Lipinski definition) is 0. The second-order valence-corrected chi connectivity index (χ2v) is 8.08.